The van der Waals surface area contributed by atoms with Crippen molar-refractivity contribution < 1.29 is 25.0 Å². The lowest BCUT2D eigenvalue weighted by molar-refractivity contribution is -0.118. The van der Waals surface area contributed by atoms with Gasteiger partial charge in [0.1, 0.15) is 11.5 Å². The number of hydroxylamine groups is 1. The van der Waals surface area contributed by atoms with Crippen LogP contribution in [-0.4, -0.2) is 39.5 Å². The van der Waals surface area contributed by atoms with Gasteiger partial charge < -0.3 is 35.8 Å². The van der Waals surface area contributed by atoms with E-state index in [1.165, 1.54) is 12.1 Å². The number of aliphatic hydroxyl groups is 1. The van der Waals surface area contributed by atoms with E-state index in [2.05, 4.69) is 21.1 Å². The SMILES string of the molecule is O=C(COc1cccc(C(NO)c2ccccc2)c1)Nc1cccc(CNCC(O)c2ccc(O)c3[nH]c(=O)ccc23)c1. The van der Waals surface area contributed by atoms with Crippen molar-refractivity contribution in [2.75, 3.05) is 18.5 Å². The second-order valence-electron chi connectivity index (χ2n) is 10.0. The highest BCUT2D eigenvalue weighted by molar-refractivity contribution is 5.92. The molecule has 0 saturated heterocycles. The number of benzene rings is 4. The number of rotatable bonds is 12. The third-order valence-corrected chi connectivity index (χ3v) is 6.97. The predicted octanol–water partition coefficient (Wildman–Crippen LogP) is 4.14. The van der Waals surface area contributed by atoms with E-state index in [4.69, 9.17) is 4.74 Å². The Hall–Kier alpha value is -5.00. The lowest BCUT2D eigenvalue weighted by atomic mass is 9.99. The summed E-state index contributed by atoms with van der Waals surface area (Å²) in [6.07, 6.45) is -0.885. The fourth-order valence-electron chi connectivity index (χ4n) is 4.89. The fourth-order valence-corrected chi connectivity index (χ4v) is 4.89. The van der Waals surface area contributed by atoms with Crippen molar-refractivity contribution in [1.82, 2.24) is 15.8 Å². The average molecular weight is 581 g/mol. The Morgan fingerprint density at radius 1 is 0.884 bits per heavy atom. The predicted molar refractivity (Wildman–Crippen MR) is 163 cm³/mol. The molecular weight excluding hydrogens is 548 g/mol. The summed E-state index contributed by atoms with van der Waals surface area (Å²) in [6, 6.07) is 29.6. The lowest BCUT2D eigenvalue weighted by Gasteiger charge is -2.17. The molecule has 2 unspecified atom stereocenters. The maximum absolute atomic E-state index is 12.6. The van der Waals surface area contributed by atoms with Gasteiger partial charge in [-0.15, -0.1) is 0 Å². The Kier molecular flexibility index (Phi) is 9.45. The van der Waals surface area contributed by atoms with Crippen molar-refractivity contribution in [3.63, 3.8) is 0 Å². The molecule has 1 amide bonds. The second-order valence-corrected chi connectivity index (χ2v) is 10.0. The number of aromatic amines is 1. The van der Waals surface area contributed by atoms with Crippen molar-refractivity contribution in [1.29, 1.82) is 0 Å². The number of aromatic hydroxyl groups is 1. The van der Waals surface area contributed by atoms with Crippen LogP contribution in [0.5, 0.6) is 11.5 Å². The number of ether oxygens (including phenoxy) is 1. The van der Waals surface area contributed by atoms with Crippen LogP contribution in [0.2, 0.25) is 0 Å². The summed E-state index contributed by atoms with van der Waals surface area (Å²) in [7, 11) is 0. The molecule has 0 saturated carbocycles. The van der Waals surface area contributed by atoms with Crippen LogP contribution in [0, 0.1) is 0 Å². The Balaban J connectivity index is 1.14. The van der Waals surface area contributed by atoms with Crippen LogP contribution < -0.4 is 26.4 Å². The number of hydrogen-bond acceptors (Lipinski definition) is 8. The molecule has 0 fully saturated rings. The first-order valence-corrected chi connectivity index (χ1v) is 13.7. The number of carbonyl (C=O) groups is 1. The molecule has 0 aliphatic heterocycles. The van der Waals surface area contributed by atoms with Gasteiger partial charge in [0.15, 0.2) is 6.61 Å². The van der Waals surface area contributed by atoms with Gasteiger partial charge in [-0.25, -0.2) is 0 Å². The maximum atomic E-state index is 12.6. The van der Waals surface area contributed by atoms with Crippen LogP contribution in [-0.2, 0) is 11.3 Å². The molecule has 1 aromatic heterocycles. The fraction of sp³-hybridized carbons (Fsp3) is 0.152. The van der Waals surface area contributed by atoms with E-state index in [0.29, 0.717) is 28.9 Å². The number of phenols is 1. The molecule has 4 aromatic carbocycles. The molecule has 5 aromatic rings. The molecule has 10 heteroatoms. The number of carbonyl (C=O) groups excluding carboxylic acids is 1. The highest BCUT2D eigenvalue weighted by atomic mass is 16.5. The zero-order chi connectivity index (χ0) is 30.2. The molecule has 43 heavy (non-hydrogen) atoms. The van der Waals surface area contributed by atoms with E-state index >= 15 is 0 Å². The third-order valence-electron chi connectivity index (χ3n) is 6.97. The van der Waals surface area contributed by atoms with Gasteiger partial charge >= 0.3 is 0 Å². The van der Waals surface area contributed by atoms with Gasteiger partial charge in [0.25, 0.3) is 5.91 Å². The Labute approximate surface area is 247 Å². The number of amides is 1. The van der Waals surface area contributed by atoms with Gasteiger partial charge in [0.2, 0.25) is 5.56 Å². The van der Waals surface area contributed by atoms with Gasteiger partial charge in [-0.1, -0.05) is 60.7 Å². The minimum absolute atomic E-state index is 0.0647. The largest absolute Gasteiger partial charge is 0.506 e. The second kappa shape index (κ2) is 13.8. The van der Waals surface area contributed by atoms with Crippen LogP contribution in [0.3, 0.4) is 0 Å². The Morgan fingerprint density at radius 3 is 2.49 bits per heavy atom. The topological polar surface area (TPSA) is 156 Å². The van der Waals surface area contributed by atoms with Gasteiger partial charge in [0.05, 0.1) is 17.7 Å². The molecule has 0 spiro atoms. The highest BCUT2D eigenvalue weighted by Crippen LogP contribution is 2.29. The lowest BCUT2D eigenvalue weighted by Crippen LogP contribution is -2.22. The van der Waals surface area contributed by atoms with Crippen LogP contribution in [0.15, 0.2) is 108 Å². The van der Waals surface area contributed by atoms with Crippen LogP contribution in [0.1, 0.15) is 34.4 Å². The first-order valence-electron chi connectivity index (χ1n) is 13.7. The van der Waals surface area contributed by atoms with Gasteiger partial charge in [-0.05, 0) is 58.7 Å². The number of fused-ring (bicyclic) bond motifs is 1. The van der Waals surface area contributed by atoms with Crippen molar-refractivity contribution >= 4 is 22.5 Å². The number of nitrogens with one attached hydrogen (secondary N) is 4. The van der Waals surface area contributed by atoms with E-state index in [1.54, 1.807) is 36.4 Å². The molecule has 0 bridgehead atoms. The molecule has 1 heterocycles. The first kappa shape index (κ1) is 29.5. The Morgan fingerprint density at radius 2 is 1.67 bits per heavy atom. The zero-order valence-electron chi connectivity index (χ0n) is 23.2. The van der Waals surface area contributed by atoms with Gasteiger partial charge in [-0.2, -0.15) is 5.48 Å². The summed E-state index contributed by atoms with van der Waals surface area (Å²) < 4.78 is 5.72. The first-order chi connectivity index (χ1) is 20.9. The molecule has 0 aliphatic rings. The van der Waals surface area contributed by atoms with Crippen LogP contribution >= 0.6 is 0 Å². The van der Waals surface area contributed by atoms with E-state index in [1.807, 2.05) is 54.6 Å². The summed E-state index contributed by atoms with van der Waals surface area (Å²) in [4.78, 5) is 26.9. The molecular formula is C33H32N4O6. The molecule has 0 aliphatic carbocycles. The van der Waals surface area contributed by atoms with Crippen molar-refractivity contribution in [3.8, 4) is 11.5 Å². The number of hydrogen-bond donors (Lipinski definition) is 7. The number of anilines is 1. The van der Waals surface area contributed by atoms with Crippen LogP contribution in [0.25, 0.3) is 10.9 Å². The van der Waals surface area contributed by atoms with Gasteiger partial charge in [0, 0.05) is 30.2 Å². The van der Waals surface area contributed by atoms with Crippen LogP contribution in [0.4, 0.5) is 5.69 Å². The number of aromatic nitrogens is 1. The van der Waals surface area contributed by atoms with E-state index in [-0.39, 0.29) is 35.9 Å². The number of pyridine rings is 1. The maximum Gasteiger partial charge on any atom is 0.262 e. The van der Waals surface area contributed by atoms with Crippen molar-refractivity contribution in [3.05, 3.63) is 136 Å². The van der Waals surface area contributed by atoms with E-state index in [9.17, 15) is 25.0 Å². The third kappa shape index (κ3) is 7.45. The summed E-state index contributed by atoms with van der Waals surface area (Å²) >= 11 is 0. The molecule has 5 rings (SSSR count). The Bertz CT molecular complexity index is 1760. The molecule has 10 nitrogen and oxygen atoms in total. The molecule has 2 atom stereocenters. The highest BCUT2D eigenvalue weighted by Gasteiger charge is 2.15. The van der Waals surface area contributed by atoms with E-state index in [0.717, 1.165) is 16.7 Å². The number of aliphatic hydroxyl groups excluding tert-OH is 1. The molecule has 220 valence electrons. The van der Waals surface area contributed by atoms with E-state index < -0.39 is 12.1 Å². The van der Waals surface area contributed by atoms with Crippen molar-refractivity contribution in [2.45, 2.75) is 18.7 Å². The summed E-state index contributed by atoms with van der Waals surface area (Å²) in [5.74, 6) is 0.0984. The van der Waals surface area contributed by atoms with Crippen molar-refractivity contribution in [2.24, 2.45) is 0 Å². The minimum atomic E-state index is -0.885. The number of phenolic OH excluding ortho intramolecular Hbond substituents is 1. The smallest absolute Gasteiger partial charge is 0.262 e. The normalized spacial score (nSPS) is 12.5. The number of H-pyrrole nitrogens is 1. The van der Waals surface area contributed by atoms with Gasteiger partial charge in [-0.3, -0.25) is 9.59 Å². The molecule has 0 radical (unpaired) electrons. The molecule has 7 N–H and O–H groups in total. The monoisotopic (exact) mass is 580 g/mol. The summed E-state index contributed by atoms with van der Waals surface area (Å²) in [6.45, 7) is 0.449. The quantitative estimate of drug-likeness (QED) is 0.109. The zero-order valence-corrected chi connectivity index (χ0v) is 23.2. The minimum Gasteiger partial charge on any atom is -0.506 e. The summed E-state index contributed by atoms with van der Waals surface area (Å²) in [5, 5.41) is 37.2. The average Bonchev–Trinajstić information content (AvgIpc) is 3.02. The summed E-state index contributed by atoms with van der Waals surface area (Å²) in [5.41, 5.74) is 6.00. The standard InChI is InChI=1S/C33H32N4O6/c38-28-14-12-26(27-13-15-30(40)36-33(27)28)29(39)19-34-18-21-6-4-10-24(16-21)35-31(41)20-43-25-11-5-9-23(17-25)32(37-42)22-7-2-1-3-8-22/h1-17,29,32,34,37-39,42H,18-20H2,(H,35,41)(H,36,40).